The smallest absolute Gasteiger partial charge is 0.336 e. The third-order valence-corrected chi connectivity index (χ3v) is 2.52. The highest BCUT2D eigenvalue weighted by molar-refractivity contribution is 5.97. The fourth-order valence-corrected chi connectivity index (χ4v) is 1.85. The first-order chi connectivity index (χ1) is 5.77. The molecule has 1 N–H and O–H groups in total. The third-order valence-electron chi connectivity index (χ3n) is 2.52. The summed E-state index contributed by atoms with van der Waals surface area (Å²) in [5.41, 5.74) is 3.81. The minimum absolute atomic E-state index is 0.443. The zero-order chi connectivity index (χ0) is 8.29. The maximum absolute atomic E-state index is 10.7. The molecule has 2 heteroatoms. The van der Waals surface area contributed by atoms with Gasteiger partial charge in [0, 0.05) is 5.92 Å². The number of carboxylic acid groups (broad SMARTS) is 1. The average Bonchev–Trinajstić information content (AvgIpc) is 2.54. The number of rotatable bonds is 1. The summed E-state index contributed by atoms with van der Waals surface area (Å²) in [7, 11) is 0. The van der Waals surface area contributed by atoms with Crippen molar-refractivity contribution < 1.29 is 9.90 Å². The number of carboxylic acids is 1. The Balaban J connectivity index is 2.10. The van der Waals surface area contributed by atoms with Crippen LogP contribution in [0.3, 0.4) is 0 Å². The van der Waals surface area contributed by atoms with Crippen molar-refractivity contribution >= 4 is 5.97 Å². The average molecular weight is 158 g/mol. The molecule has 58 valence electrons. The number of hydrogen-bond donors (Lipinski definition) is 1. The van der Waals surface area contributed by atoms with Crippen LogP contribution < -0.4 is 0 Å². The van der Waals surface area contributed by atoms with Crippen molar-refractivity contribution in [2.45, 2.75) is 0 Å². The van der Waals surface area contributed by atoms with Crippen LogP contribution >= 0.6 is 0 Å². The highest BCUT2D eigenvalue weighted by Gasteiger charge is 2.39. The molecule has 3 rings (SSSR count). The first-order valence-corrected chi connectivity index (χ1v) is 3.87. The molecular formula is C10H6O2. The van der Waals surface area contributed by atoms with E-state index in [2.05, 4.69) is 6.08 Å². The summed E-state index contributed by atoms with van der Waals surface area (Å²) in [6, 6.07) is 0. The topological polar surface area (TPSA) is 37.3 Å². The molecular weight excluding hydrogens is 152 g/mol. The van der Waals surface area contributed by atoms with Crippen LogP contribution in [0.1, 0.15) is 0 Å². The predicted molar refractivity (Wildman–Crippen MR) is 43.5 cm³/mol. The van der Waals surface area contributed by atoms with Gasteiger partial charge < -0.3 is 5.11 Å². The molecule has 0 spiro atoms. The van der Waals surface area contributed by atoms with Crippen LogP contribution in [-0.2, 0) is 4.79 Å². The van der Waals surface area contributed by atoms with Crippen LogP contribution in [0.25, 0.3) is 0 Å². The second-order valence-corrected chi connectivity index (χ2v) is 3.21. The first kappa shape index (κ1) is 6.00. The molecule has 0 aliphatic heterocycles. The number of carbonyl (C=O) groups is 1. The van der Waals surface area contributed by atoms with Crippen LogP contribution in [-0.4, -0.2) is 11.1 Å². The quantitative estimate of drug-likeness (QED) is 0.626. The lowest BCUT2D eigenvalue weighted by Gasteiger charge is -2.00. The molecule has 3 aliphatic carbocycles. The molecule has 0 radical (unpaired) electrons. The summed E-state index contributed by atoms with van der Waals surface area (Å²) in [6.45, 7) is 0. The SMILES string of the molecule is O=C(O)C1=CC=C2C1=CC1=CC12. The van der Waals surface area contributed by atoms with E-state index in [1.807, 2.05) is 12.2 Å². The molecule has 2 nitrogen and oxygen atoms in total. The van der Waals surface area contributed by atoms with Gasteiger partial charge in [0.15, 0.2) is 0 Å². The standard InChI is InChI=1S/C10H6O2/c11-10(12)7-2-1-6-8-3-5(8)4-9(6)7/h1-4,8H,(H,11,12). The van der Waals surface area contributed by atoms with Crippen molar-refractivity contribution in [3.63, 3.8) is 0 Å². The Morgan fingerprint density at radius 2 is 2.25 bits per heavy atom. The van der Waals surface area contributed by atoms with Crippen molar-refractivity contribution in [3.05, 3.63) is 46.6 Å². The fourth-order valence-electron chi connectivity index (χ4n) is 1.85. The Morgan fingerprint density at radius 3 is 3.00 bits per heavy atom. The van der Waals surface area contributed by atoms with Crippen LogP contribution in [0.4, 0.5) is 0 Å². The van der Waals surface area contributed by atoms with Gasteiger partial charge >= 0.3 is 5.97 Å². The van der Waals surface area contributed by atoms with Gasteiger partial charge in [0.2, 0.25) is 0 Å². The number of hydrogen-bond acceptors (Lipinski definition) is 1. The zero-order valence-electron chi connectivity index (χ0n) is 6.24. The van der Waals surface area contributed by atoms with Gasteiger partial charge in [-0.15, -0.1) is 0 Å². The van der Waals surface area contributed by atoms with Gasteiger partial charge in [-0.05, 0) is 28.9 Å². The van der Waals surface area contributed by atoms with Crippen LogP contribution in [0.15, 0.2) is 46.6 Å². The maximum Gasteiger partial charge on any atom is 0.336 e. The van der Waals surface area contributed by atoms with E-state index in [0.717, 1.165) is 5.57 Å². The molecule has 0 amide bonds. The summed E-state index contributed by atoms with van der Waals surface area (Å²) in [5.74, 6) is -0.373. The Bertz CT molecular complexity index is 419. The highest BCUT2D eigenvalue weighted by Crippen LogP contribution is 2.51. The predicted octanol–water partition coefficient (Wildman–Crippen LogP) is 1.43. The minimum Gasteiger partial charge on any atom is -0.478 e. The van der Waals surface area contributed by atoms with Crippen molar-refractivity contribution in [1.29, 1.82) is 0 Å². The monoisotopic (exact) mass is 158 g/mol. The van der Waals surface area contributed by atoms with Crippen molar-refractivity contribution in [1.82, 2.24) is 0 Å². The second-order valence-electron chi connectivity index (χ2n) is 3.21. The molecule has 1 atom stereocenters. The van der Waals surface area contributed by atoms with Crippen LogP contribution in [0, 0.1) is 5.92 Å². The van der Waals surface area contributed by atoms with E-state index in [9.17, 15) is 4.79 Å². The third kappa shape index (κ3) is 0.537. The lowest BCUT2D eigenvalue weighted by atomic mass is 10.0. The summed E-state index contributed by atoms with van der Waals surface area (Å²) in [4.78, 5) is 10.7. The molecule has 0 fully saturated rings. The molecule has 3 aliphatic rings. The minimum atomic E-state index is -0.825. The van der Waals surface area contributed by atoms with E-state index in [1.165, 1.54) is 11.1 Å². The van der Waals surface area contributed by atoms with E-state index in [-0.39, 0.29) is 0 Å². The highest BCUT2D eigenvalue weighted by atomic mass is 16.4. The first-order valence-electron chi connectivity index (χ1n) is 3.87. The summed E-state index contributed by atoms with van der Waals surface area (Å²) in [6.07, 6.45) is 7.72. The molecule has 0 aromatic rings. The zero-order valence-corrected chi connectivity index (χ0v) is 6.24. The summed E-state index contributed by atoms with van der Waals surface area (Å²) in [5, 5.41) is 8.80. The van der Waals surface area contributed by atoms with E-state index >= 15 is 0 Å². The van der Waals surface area contributed by atoms with Crippen molar-refractivity contribution in [3.8, 4) is 0 Å². The molecule has 0 bridgehead atoms. The largest absolute Gasteiger partial charge is 0.478 e. The maximum atomic E-state index is 10.7. The van der Waals surface area contributed by atoms with Crippen LogP contribution in [0.5, 0.6) is 0 Å². The molecule has 1 unspecified atom stereocenters. The van der Waals surface area contributed by atoms with E-state index in [1.54, 1.807) is 6.08 Å². The molecule has 0 aromatic carbocycles. The lowest BCUT2D eigenvalue weighted by Crippen LogP contribution is -2.01. The number of fused-ring (bicyclic) bond motifs is 3. The Hall–Kier alpha value is -1.57. The van der Waals surface area contributed by atoms with Gasteiger partial charge in [0.1, 0.15) is 0 Å². The second kappa shape index (κ2) is 1.61. The van der Waals surface area contributed by atoms with Gasteiger partial charge in [0.05, 0.1) is 5.57 Å². The number of allylic oxidation sites excluding steroid dienone is 6. The molecule has 0 heterocycles. The molecule has 0 aromatic heterocycles. The van der Waals surface area contributed by atoms with E-state index < -0.39 is 5.97 Å². The van der Waals surface area contributed by atoms with Gasteiger partial charge in [-0.3, -0.25) is 0 Å². The van der Waals surface area contributed by atoms with E-state index in [4.69, 9.17) is 5.11 Å². The van der Waals surface area contributed by atoms with Gasteiger partial charge in [-0.1, -0.05) is 12.2 Å². The molecule has 0 saturated heterocycles. The van der Waals surface area contributed by atoms with Crippen molar-refractivity contribution in [2.24, 2.45) is 5.92 Å². The van der Waals surface area contributed by atoms with Crippen molar-refractivity contribution in [2.75, 3.05) is 0 Å². The van der Waals surface area contributed by atoms with E-state index in [0.29, 0.717) is 11.5 Å². The normalized spacial score (nSPS) is 28.2. The van der Waals surface area contributed by atoms with Crippen LogP contribution in [0.2, 0.25) is 0 Å². The fraction of sp³-hybridized carbons (Fsp3) is 0.100. The van der Waals surface area contributed by atoms with Gasteiger partial charge in [-0.25, -0.2) is 4.79 Å². The Morgan fingerprint density at radius 1 is 1.42 bits per heavy atom. The lowest BCUT2D eigenvalue weighted by molar-refractivity contribution is -0.132. The number of aliphatic carboxylic acids is 1. The van der Waals surface area contributed by atoms with Gasteiger partial charge in [-0.2, -0.15) is 0 Å². The Kier molecular flexibility index (Phi) is 0.803. The molecule has 0 saturated carbocycles. The summed E-state index contributed by atoms with van der Waals surface area (Å²) >= 11 is 0. The molecule has 12 heavy (non-hydrogen) atoms. The Labute approximate surface area is 69.2 Å². The van der Waals surface area contributed by atoms with Gasteiger partial charge in [0.25, 0.3) is 0 Å². The summed E-state index contributed by atoms with van der Waals surface area (Å²) < 4.78 is 0.